The molecule has 0 saturated carbocycles. The third kappa shape index (κ3) is 2.70. The molecule has 0 bridgehead atoms. The summed E-state index contributed by atoms with van der Waals surface area (Å²) in [5.74, 6) is 1.31. The SMILES string of the molecule is CC(c1nc(-c2cccs2)no1)N1CCC(O)CC1. The number of aliphatic hydroxyl groups is 1. The molecule has 1 N–H and O–H groups in total. The lowest BCUT2D eigenvalue weighted by atomic mass is 10.1. The minimum atomic E-state index is -0.159. The maximum atomic E-state index is 9.53. The Labute approximate surface area is 115 Å². The van der Waals surface area contributed by atoms with E-state index < -0.39 is 0 Å². The van der Waals surface area contributed by atoms with Gasteiger partial charge in [0.05, 0.1) is 17.0 Å². The van der Waals surface area contributed by atoms with Crippen LogP contribution in [0.1, 0.15) is 31.7 Å². The third-order valence-corrected chi connectivity index (χ3v) is 4.45. The van der Waals surface area contributed by atoms with Crippen LogP contribution in [-0.2, 0) is 0 Å². The second-order valence-electron chi connectivity index (χ2n) is 4.88. The van der Waals surface area contributed by atoms with Crippen molar-refractivity contribution in [2.45, 2.75) is 31.9 Å². The Morgan fingerprint density at radius 1 is 1.47 bits per heavy atom. The molecule has 0 amide bonds. The molecule has 102 valence electrons. The molecule has 6 heteroatoms. The fourth-order valence-electron chi connectivity index (χ4n) is 2.34. The molecule has 5 nitrogen and oxygen atoms in total. The Morgan fingerprint density at radius 3 is 2.95 bits per heavy atom. The van der Waals surface area contributed by atoms with Gasteiger partial charge in [-0.2, -0.15) is 4.98 Å². The molecule has 1 atom stereocenters. The topological polar surface area (TPSA) is 62.4 Å². The van der Waals surface area contributed by atoms with Crippen LogP contribution in [0.2, 0.25) is 0 Å². The first-order valence-corrected chi connectivity index (χ1v) is 7.41. The number of hydrogen-bond acceptors (Lipinski definition) is 6. The van der Waals surface area contributed by atoms with Gasteiger partial charge in [-0.05, 0) is 31.2 Å². The summed E-state index contributed by atoms with van der Waals surface area (Å²) in [6, 6.07) is 4.07. The van der Waals surface area contributed by atoms with Crippen molar-refractivity contribution < 1.29 is 9.63 Å². The van der Waals surface area contributed by atoms with Crippen LogP contribution in [0.25, 0.3) is 10.7 Å². The van der Waals surface area contributed by atoms with E-state index in [-0.39, 0.29) is 12.1 Å². The average Bonchev–Trinajstić information content (AvgIpc) is 3.10. The first kappa shape index (κ1) is 12.8. The van der Waals surface area contributed by atoms with E-state index in [1.165, 1.54) is 0 Å². The molecule has 0 radical (unpaired) electrons. The van der Waals surface area contributed by atoms with Gasteiger partial charge in [0.1, 0.15) is 0 Å². The minimum absolute atomic E-state index is 0.105. The molecular weight excluding hydrogens is 262 g/mol. The molecule has 1 fully saturated rings. The lowest BCUT2D eigenvalue weighted by molar-refractivity contribution is 0.0564. The smallest absolute Gasteiger partial charge is 0.244 e. The van der Waals surface area contributed by atoms with Crippen LogP contribution in [0.5, 0.6) is 0 Å². The summed E-state index contributed by atoms with van der Waals surface area (Å²) in [5, 5.41) is 15.6. The van der Waals surface area contributed by atoms with Crippen LogP contribution in [0.15, 0.2) is 22.0 Å². The lowest BCUT2D eigenvalue weighted by Gasteiger charge is -2.32. The highest BCUT2D eigenvalue weighted by Crippen LogP contribution is 2.26. The summed E-state index contributed by atoms with van der Waals surface area (Å²) in [5.41, 5.74) is 0. The monoisotopic (exact) mass is 279 g/mol. The number of aromatic nitrogens is 2. The van der Waals surface area contributed by atoms with Crippen LogP contribution in [0, 0.1) is 0 Å². The second-order valence-corrected chi connectivity index (χ2v) is 5.82. The zero-order valence-corrected chi connectivity index (χ0v) is 11.6. The number of thiophene rings is 1. The van der Waals surface area contributed by atoms with Gasteiger partial charge in [0.25, 0.3) is 0 Å². The molecule has 3 rings (SSSR count). The van der Waals surface area contributed by atoms with Crippen LogP contribution in [-0.4, -0.2) is 39.3 Å². The van der Waals surface area contributed by atoms with Crippen LogP contribution in [0.3, 0.4) is 0 Å². The fourth-order valence-corrected chi connectivity index (χ4v) is 2.99. The Balaban J connectivity index is 1.72. The van der Waals surface area contributed by atoms with Gasteiger partial charge in [0, 0.05) is 13.1 Å². The molecule has 2 aromatic heterocycles. The van der Waals surface area contributed by atoms with Crippen LogP contribution >= 0.6 is 11.3 Å². The van der Waals surface area contributed by atoms with E-state index in [2.05, 4.69) is 22.0 Å². The quantitative estimate of drug-likeness (QED) is 0.934. The summed E-state index contributed by atoms with van der Waals surface area (Å²) >= 11 is 1.61. The van der Waals surface area contributed by atoms with Crippen LogP contribution < -0.4 is 0 Å². The van der Waals surface area contributed by atoms with Gasteiger partial charge >= 0.3 is 0 Å². The van der Waals surface area contributed by atoms with E-state index in [0.29, 0.717) is 11.7 Å². The fraction of sp³-hybridized carbons (Fsp3) is 0.538. The Morgan fingerprint density at radius 2 is 2.26 bits per heavy atom. The van der Waals surface area contributed by atoms with Crippen molar-refractivity contribution in [1.29, 1.82) is 0 Å². The van der Waals surface area contributed by atoms with Crippen molar-refractivity contribution >= 4 is 11.3 Å². The number of hydrogen-bond donors (Lipinski definition) is 1. The summed E-state index contributed by atoms with van der Waals surface area (Å²) in [6.07, 6.45) is 1.47. The van der Waals surface area contributed by atoms with Gasteiger partial charge < -0.3 is 9.63 Å². The molecule has 1 aliphatic rings. The third-order valence-electron chi connectivity index (χ3n) is 3.59. The molecule has 1 aliphatic heterocycles. The van der Waals surface area contributed by atoms with E-state index in [9.17, 15) is 5.11 Å². The summed E-state index contributed by atoms with van der Waals surface area (Å²) in [6.45, 7) is 3.82. The molecule has 0 spiro atoms. The van der Waals surface area contributed by atoms with Gasteiger partial charge in [-0.3, -0.25) is 4.90 Å². The van der Waals surface area contributed by atoms with Gasteiger partial charge in [-0.15, -0.1) is 11.3 Å². The Kier molecular flexibility index (Phi) is 3.63. The first-order valence-electron chi connectivity index (χ1n) is 6.53. The van der Waals surface area contributed by atoms with Crippen molar-refractivity contribution in [3.05, 3.63) is 23.4 Å². The molecule has 3 heterocycles. The van der Waals surface area contributed by atoms with Gasteiger partial charge in [-0.1, -0.05) is 11.2 Å². The number of aliphatic hydroxyl groups excluding tert-OH is 1. The second kappa shape index (κ2) is 5.40. The van der Waals surface area contributed by atoms with Crippen molar-refractivity contribution in [3.8, 4) is 10.7 Å². The molecule has 19 heavy (non-hydrogen) atoms. The Bertz CT molecular complexity index is 518. The molecular formula is C13H17N3O2S. The number of piperidine rings is 1. The molecule has 0 aromatic carbocycles. The standard InChI is InChI=1S/C13H17N3O2S/c1-9(16-6-4-10(17)5-7-16)13-14-12(15-18-13)11-3-2-8-19-11/h2-3,8-10,17H,4-7H2,1H3. The summed E-state index contributed by atoms with van der Waals surface area (Å²) < 4.78 is 5.37. The van der Waals surface area contributed by atoms with E-state index in [0.717, 1.165) is 30.8 Å². The van der Waals surface area contributed by atoms with Crippen molar-refractivity contribution in [2.24, 2.45) is 0 Å². The van der Waals surface area contributed by atoms with Gasteiger partial charge in [0.2, 0.25) is 11.7 Å². The predicted octanol–water partition coefficient (Wildman–Crippen LogP) is 2.32. The van der Waals surface area contributed by atoms with E-state index in [4.69, 9.17) is 4.52 Å². The molecule has 2 aromatic rings. The summed E-state index contributed by atoms with van der Waals surface area (Å²) in [4.78, 5) is 7.78. The minimum Gasteiger partial charge on any atom is -0.393 e. The first-order chi connectivity index (χ1) is 9.24. The maximum Gasteiger partial charge on any atom is 0.244 e. The van der Waals surface area contributed by atoms with Crippen molar-refractivity contribution in [2.75, 3.05) is 13.1 Å². The van der Waals surface area contributed by atoms with Crippen molar-refractivity contribution in [3.63, 3.8) is 0 Å². The molecule has 1 unspecified atom stereocenters. The zero-order valence-electron chi connectivity index (χ0n) is 10.8. The van der Waals surface area contributed by atoms with Gasteiger partial charge in [-0.25, -0.2) is 0 Å². The highest BCUT2D eigenvalue weighted by atomic mass is 32.1. The highest BCUT2D eigenvalue weighted by molar-refractivity contribution is 7.13. The van der Waals surface area contributed by atoms with E-state index in [1.807, 2.05) is 17.5 Å². The zero-order chi connectivity index (χ0) is 13.2. The number of rotatable bonds is 3. The Hall–Kier alpha value is -1.24. The number of nitrogens with zero attached hydrogens (tertiary/aromatic N) is 3. The van der Waals surface area contributed by atoms with Crippen LogP contribution in [0.4, 0.5) is 0 Å². The van der Waals surface area contributed by atoms with Gasteiger partial charge in [0.15, 0.2) is 0 Å². The average molecular weight is 279 g/mol. The lowest BCUT2D eigenvalue weighted by Crippen LogP contribution is -2.37. The van der Waals surface area contributed by atoms with E-state index >= 15 is 0 Å². The van der Waals surface area contributed by atoms with Crippen molar-refractivity contribution in [1.82, 2.24) is 15.0 Å². The largest absolute Gasteiger partial charge is 0.393 e. The normalized spacial score (nSPS) is 19.7. The summed E-state index contributed by atoms with van der Waals surface area (Å²) in [7, 11) is 0. The predicted molar refractivity (Wildman–Crippen MR) is 72.8 cm³/mol. The maximum absolute atomic E-state index is 9.53. The molecule has 0 aliphatic carbocycles. The van der Waals surface area contributed by atoms with E-state index in [1.54, 1.807) is 11.3 Å². The highest BCUT2D eigenvalue weighted by Gasteiger charge is 2.26. The molecule has 1 saturated heterocycles. The number of likely N-dealkylation sites (tertiary alicyclic amines) is 1.